The Hall–Kier alpha value is 0.850. The molecule has 3 atom stereocenters. The van der Waals surface area contributed by atoms with Gasteiger partial charge in [-0.25, -0.2) is 0 Å². The van der Waals surface area contributed by atoms with Crippen LogP contribution < -0.4 is 69.3 Å². The Morgan fingerprint density at radius 2 is 1.25 bits per heavy atom. The van der Waals surface area contributed by atoms with Gasteiger partial charge in [0.05, 0.1) is 5.97 Å². The van der Waals surface area contributed by atoms with Crippen molar-refractivity contribution in [3.05, 3.63) is 0 Å². The zero-order valence-electron chi connectivity index (χ0n) is 18.2. The van der Waals surface area contributed by atoms with Crippen molar-refractivity contribution in [1.29, 1.82) is 0 Å². The summed E-state index contributed by atoms with van der Waals surface area (Å²) in [7, 11) is -5.19. The van der Waals surface area contributed by atoms with E-state index in [1.807, 2.05) is 27.7 Å². The molecule has 0 heterocycles. The number of hydrogen-bond donors (Lipinski definition) is 1. The minimum absolute atomic E-state index is 0. The molecule has 0 fully saturated rings. The fourth-order valence-corrected chi connectivity index (χ4v) is 5.05. The molecular formula is C18H32Na2O7S. The van der Waals surface area contributed by atoms with Gasteiger partial charge in [-0.1, -0.05) is 66.2 Å². The van der Waals surface area contributed by atoms with Crippen molar-refractivity contribution in [2.24, 2.45) is 17.3 Å². The molecule has 0 aliphatic heterocycles. The summed E-state index contributed by atoms with van der Waals surface area (Å²) in [4.78, 5) is 23.8. The van der Waals surface area contributed by atoms with Crippen LogP contribution in [0.3, 0.4) is 0 Å². The van der Waals surface area contributed by atoms with E-state index in [1.165, 1.54) is 0 Å². The number of carboxylic acid groups (broad SMARTS) is 2. The molecule has 0 rings (SSSR count). The molecular weight excluding hydrogens is 406 g/mol. The first-order valence-corrected chi connectivity index (χ1v) is 10.9. The van der Waals surface area contributed by atoms with Gasteiger partial charge in [0.15, 0.2) is 0 Å². The second kappa shape index (κ2) is 15.6. The SMILES string of the molecule is CCCC(CC)CC(CC(CC)CCC)(C(=O)[O-])C(C(=O)[O-])S(=O)(=O)O.[Na+].[Na+]. The number of hydrogen-bond acceptors (Lipinski definition) is 6. The van der Waals surface area contributed by atoms with Gasteiger partial charge in [0.2, 0.25) is 0 Å². The molecule has 0 saturated carbocycles. The van der Waals surface area contributed by atoms with E-state index in [0.29, 0.717) is 25.7 Å². The maximum atomic E-state index is 12.1. The van der Waals surface area contributed by atoms with Gasteiger partial charge in [0, 0.05) is 11.4 Å². The number of carboxylic acids is 2. The largest absolute Gasteiger partial charge is 1.00 e. The van der Waals surface area contributed by atoms with Crippen molar-refractivity contribution in [3.63, 3.8) is 0 Å². The van der Waals surface area contributed by atoms with E-state index >= 15 is 0 Å². The molecule has 154 valence electrons. The quantitative estimate of drug-likeness (QED) is 0.212. The Balaban J connectivity index is -0.00000312. The standard InChI is InChI=1S/C18H34O7S.2Na/c1-5-9-13(7-3)11-18(17(21)22,12-14(8-4)10-6-2)15(16(19)20)26(23,24)25;;/h13-15H,5-12H2,1-4H3,(H,19,20)(H,21,22)(H,23,24,25);;/q;2*+1/p-2. The maximum Gasteiger partial charge on any atom is 1.00 e. The van der Waals surface area contributed by atoms with Crippen LogP contribution in [0, 0.1) is 17.3 Å². The van der Waals surface area contributed by atoms with Gasteiger partial charge in [0.1, 0.15) is 5.25 Å². The molecule has 0 aliphatic carbocycles. The van der Waals surface area contributed by atoms with E-state index in [2.05, 4.69) is 0 Å². The van der Waals surface area contributed by atoms with Crippen molar-refractivity contribution in [1.82, 2.24) is 0 Å². The molecule has 0 aliphatic rings. The Bertz CT molecular complexity index is 550. The Labute approximate surface area is 213 Å². The molecule has 1 N–H and O–H groups in total. The second-order valence-electron chi connectivity index (χ2n) is 7.19. The summed E-state index contributed by atoms with van der Waals surface area (Å²) in [6, 6.07) is 0. The number of rotatable bonds is 14. The van der Waals surface area contributed by atoms with Crippen molar-refractivity contribution in [2.75, 3.05) is 0 Å². The topological polar surface area (TPSA) is 135 Å². The van der Waals surface area contributed by atoms with E-state index in [0.717, 1.165) is 12.8 Å². The zero-order valence-corrected chi connectivity index (χ0v) is 23.0. The minimum atomic E-state index is -5.19. The van der Waals surface area contributed by atoms with Crippen LogP contribution in [-0.2, 0) is 19.7 Å². The van der Waals surface area contributed by atoms with Crippen LogP contribution in [0.1, 0.15) is 79.1 Å². The van der Waals surface area contributed by atoms with Gasteiger partial charge in [-0.3, -0.25) is 4.55 Å². The zero-order chi connectivity index (χ0) is 20.5. The van der Waals surface area contributed by atoms with E-state index in [-0.39, 0.29) is 83.8 Å². The van der Waals surface area contributed by atoms with Crippen LogP contribution in [-0.4, -0.2) is 30.2 Å². The smallest absolute Gasteiger partial charge is 0.549 e. The first-order chi connectivity index (χ1) is 12.0. The van der Waals surface area contributed by atoms with Crippen molar-refractivity contribution < 1.29 is 91.9 Å². The average molecular weight is 438 g/mol. The van der Waals surface area contributed by atoms with Crippen molar-refractivity contribution >= 4 is 22.1 Å². The molecule has 28 heavy (non-hydrogen) atoms. The molecule has 0 aromatic rings. The van der Waals surface area contributed by atoms with E-state index < -0.39 is 32.7 Å². The van der Waals surface area contributed by atoms with Crippen LogP contribution >= 0.6 is 0 Å². The third kappa shape index (κ3) is 9.77. The van der Waals surface area contributed by atoms with E-state index in [4.69, 9.17) is 0 Å². The summed E-state index contributed by atoms with van der Waals surface area (Å²) in [5, 5.41) is 21.2. The number of carbonyl (C=O) groups is 2. The van der Waals surface area contributed by atoms with E-state index in [1.54, 1.807) is 0 Å². The molecule has 0 aromatic carbocycles. The van der Waals surface area contributed by atoms with E-state index in [9.17, 15) is 32.8 Å². The van der Waals surface area contributed by atoms with Crippen LogP contribution in [0.15, 0.2) is 0 Å². The summed E-state index contributed by atoms with van der Waals surface area (Å²) in [6.07, 6.45) is 3.52. The third-order valence-corrected chi connectivity index (χ3v) is 6.51. The minimum Gasteiger partial charge on any atom is -0.549 e. The Morgan fingerprint density at radius 1 is 0.893 bits per heavy atom. The summed E-state index contributed by atoms with van der Waals surface area (Å²) >= 11 is 0. The molecule has 0 spiro atoms. The second-order valence-corrected chi connectivity index (χ2v) is 8.69. The Kier molecular flexibility index (Phi) is 18.7. The van der Waals surface area contributed by atoms with Crippen molar-refractivity contribution in [2.45, 2.75) is 84.3 Å². The molecule has 7 nitrogen and oxygen atoms in total. The summed E-state index contributed by atoms with van der Waals surface area (Å²) in [5.41, 5.74) is -2.22. The van der Waals surface area contributed by atoms with Gasteiger partial charge in [-0.15, -0.1) is 0 Å². The predicted octanol–water partition coefficient (Wildman–Crippen LogP) is -4.83. The Morgan fingerprint density at radius 3 is 1.43 bits per heavy atom. The van der Waals surface area contributed by atoms with Crippen LogP contribution in [0.5, 0.6) is 0 Å². The van der Waals surface area contributed by atoms with Gasteiger partial charge in [0.25, 0.3) is 10.1 Å². The predicted molar refractivity (Wildman–Crippen MR) is 94.4 cm³/mol. The van der Waals surface area contributed by atoms with Crippen LogP contribution in [0.25, 0.3) is 0 Å². The first-order valence-electron chi connectivity index (χ1n) is 9.38. The number of carbonyl (C=O) groups excluding carboxylic acids is 2. The summed E-state index contributed by atoms with van der Waals surface area (Å²) in [5.74, 6) is -4.25. The average Bonchev–Trinajstić information content (AvgIpc) is 2.51. The molecule has 0 aromatic heterocycles. The molecule has 0 radical (unpaired) electrons. The van der Waals surface area contributed by atoms with Gasteiger partial charge >= 0.3 is 59.1 Å². The monoisotopic (exact) mass is 438 g/mol. The first kappa shape index (κ1) is 33.5. The van der Waals surface area contributed by atoms with Gasteiger partial charge in [-0.05, 0) is 24.7 Å². The molecule has 10 heteroatoms. The van der Waals surface area contributed by atoms with Gasteiger partial charge < -0.3 is 19.8 Å². The van der Waals surface area contributed by atoms with Gasteiger partial charge in [-0.2, -0.15) is 8.42 Å². The molecule has 3 unspecified atom stereocenters. The molecule has 0 amide bonds. The normalized spacial score (nSPS) is 16.6. The molecule has 0 saturated heterocycles. The third-order valence-electron chi connectivity index (χ3n) is 5.27. The fourth-order valence-electron chi connectivity index (χ4n) is 3.95. The summed E-state index contributed by atoms with van der Waals surface area (Å²) < 4.78 is 33.2. The molecule has 0 bridgehead atoms. The van der Waals surface area contributed by atoms with Crippen LogP contribution in [0.4, 0.5) is 0 Å². The number of aliphatic carboxylic acids is 2. The van der Waals surface area contributed by atoms with Crippen LogP contribution in [0.2, 0.25) is 0 Å². The fraction of sp³-hybridized carbons (Fsp3) is 0.889. The summed E-state index contributed by atoms with van der Waals surface area (Å²) in [6.45, 7) is 7.50. The van der Waals surface area contributed by atoms with Crippen molar-refractivity contribution in [3.8, 4) is 0 Å². The maximum absolute atomic E-state index is 12.1.